The van der Waals surface area contributed by atoms with Gasteiger partial charge in [-0.2, -0.15) is 0 Å². The highest BCUT2D eigenvalue weighted by atomic mass is 16.5. The van der Waals surface area contributed by atoms with Crippen LogP contribution in [0, 0.1) is 0 Å². The number of carboxylic acid groups (broad SMARTS) is 1. The summed E-state index contributed by atoms with van der Waals surface area (Å²) in [4.78, 5) is 39.7. The number of esters is 1. The number of hydrogen-bond donors (Lipinski definition) is 2. The molecule has 204 valence electrons. The molecule has 39 heavy (non-hydrogen) atoms. The van der Waals surface area contributed by atoms with Gasteiger partial charge in [-0.05, 0) is 99.2 Å². The Labute approximate surface area is 227 Å². The quantitative estimate of drug-likeness (QED) is 0.368. The lowest BCUT2D eigenvalue weighted by molar-refractivity contribution is -0.117. The summed E-state index contributed by atoms with van der Waals surface area (Å²) in [6.45, 7) is 3.01. The van der Waals surface area contributed by atoms with Gasteiger partial charge in [0.1, 0.15) is 11.5 Å². The molecular formula is C30H33N3O6. The molecule has 4 rings (SSSR count). The molecule has 9 heteroatoms. The molecule has 2 N–H and O–H groups in total. The van der Waals surface area contributed by atoms with E-state index in [4.69, 9.17) is 14.6 Å². The van der Waals surface area contributed by atoms with Gasteiger partial charge in [0.2, 0.25) is 5.91 Å². The van der Waals surface area contributed by atoms with Gasteiger partial charge in [0.15, 0.2) is 0 Å². The zero-order valence-corrected chi connectivity index (χ0v) is 22.1. The van der Waals surface area contributed by atoms with E-state index in [0.717, 1.165) is 38.0 Å². The molecule has 0 aromatic heterocycles. The lowest BCUT2D eigenvalue weighted by atomic mass is 10.0. The molecule has 0 radical (unpaired) electrons. The molecule has 0 bridgehead atoms. The second-order valence-electron chi connectivity index (χ2n) is 9.62. The van der Waals surface area contributed by atoms with Crippen LogP contribution in [0.3, 0.4) is 0 Å². The van der Waals surface area contributed by atoms with Crippen molar-refractivity contribution in [1.29, 1.82) is 0 Å². The highest BCUT2D eigenvalue weighted by Crippen LogP contribution is 2.24. The Bertz CT molecular complexity index is 1270. The summed E-state index contributed by atoms with van der Waals surface area (Å²) in [6, 6.07) is 21.1. The van der Waals surface area contributed by atoms with Gasteiger partial charge in [0.05, 0.1) is 24.8 Å². The molecule has 1 aliphatic rings. The number of ether oxygens (including phenoxy) is 2. The molecule has 3 aromatic carbocycles. The molecule has 0 atom stereocenters. The number of anilines is 1. The molecule has 0 unspecified atom stereocenters. The number of carbonyl (C=O) groups excluding carboxylic acids is 2. The predicted molar refractivity (Wildman–Crippen MR) is 147 cm³/mol. The normalized spacial score (nSPS) is 14.1. The molecule has 1 amide bonds. The average Bonchev–Trinajstić information content (AvgIpc) is 2.94. The number of methoxy groups -OCH3 is 1. The monoisotopic (exact) mass is 531 g/mol. The van der Waals surface area contributed by atoms with Crippen LogP contribution in [-0.2, 0) is 16.1 Å². The Balaban J connectivity index is 1.19. The molecule has 1 heterocycles. The van der Waals surface area contributed by atoms with Gasteiger partial charge in [-0.25, -0.2) is 9.59 Å². The molecule has 1 fully saturated rings. The Hall–Kier alpha value is -4.21. The van der Waals surface area contributed by atoms with Crippen molar-refractivity contribution in [2.45, 2.75) is 25.4 Å². The first-order valence-corrected chi connectivity index (χ1v) is 12.8. The summed E-state index contributed by atoms with van der Waals surface area (Å²) in [7, 11) is 3.36. The third-order valence-electron chi connectivity index (χ3n) is 6.83. The van der Waals surface area contributed by atoms with E-state index < -0.39 is 5.97 Å². The number of carbonyl (C=O) groups is 3. The van der Waals surface area contributed by atoms with Crippen molar-refractivity contribution in [2.75, 3.05) is 39.1 Å². The van der Waals surface area contributed by atoms with E-state index >= 15 is 0 Å². The highest BCUT2D eigenvalue weighted by molar-refractivity contribution is 5.92. The fourth-order valence-electron chi connectivity index (χ4n) is 4.60. The standard InChI is InChI=1S/C30H33N3O6/c1-32(25-15-17-33(18-16-25)19-21-3-5-23(6-4-21)30(37)38-2)20-28(34)31-24-9-13-27(14-10-24)39-26-11-7-22(8-12-26)29(35)36/h3-14,25H,15-20H2,1-2H3,(H,31,34)(H,35,36). The Morgan fingerprint density at radius 2 is 1.46 bits per heavy atom. The molecule has 0 spiro atoms. The Morgan fingerprint density at radius 1 is 0.897 bits per heavy atom. The molecule has 0 aliphatic carbocycles. The molecule has 0 saturated carbocycles. The van der Waals surface area contributed by atoms with E-state index in [1.165, 1.54) is 19.2 Å². The number of benzene rings is 3. The molecule has 1 aliphatic heterocycles. The molecule has 3 aromatic rings. The summed E-state index contributed by atoms with van der Waals surface area (Å²) in [5.74, 6) is -0.287. The SMILES string of the molecule is COC(=O)c1ccc(CN2CCC(N(C)CC(=O)Nc3ccc(Oc4ccc(C(=O)O)cc4)cc3)CC2)cc1. The van der Waals surface area contributed by atoms with E-state index in [1.54, 1.807) is 48.5 Å². The number of likely N-dealkylation sites (N-methyl/N-ethyl adjacent to an activating group) is 1. The van der Waals surface area contributed by atoms with Crippen molar-refractivity contribution in [3.05, 3.63) is 89.5 Å². The summed E-state index contributed by atoms with van der Waals surface area (Å²) in [5.41, 5.74) is 2.57. The van der Waals surface area contributed by atoms with E-state index in [1.807, 2.05) is 19.2 Å². The molecular weight excluding hydrogens is 498 g/mol. The van der Waals surface area contributed by atoms with Gasteiger partial charge < -0.3 is 19.9 Å². The largest absolute Gasteiger partial charge is 0.478 e. The number of nitrogens with zero attached hydrogens (tertiary/aromatic N) is 2. The summed E-state index contributed by atoms with van der Waals surface area (Å²) >= 11 is 0. The van der Waals surface area contributed by atoms with Crippen molar-refractivity contribution in [2.24, 2.45) is 0 Å². The van der Waals surface area contributed by atoms with E-state index in [-0.39, 0.29) is 17.4 Å². The van der Waals surface area contributed by atoms with Crippen LogP contribution in [0.15, 0.2) is 72.8 Å². The van der Waals surface area contributed by atoms with Gasteiger partial charge in [-0.1, -0.05) is 12.1 Å². The van der Waals surface area contributed by atoms with Crippen molar-refractivity contribution in [3.63, 3.8) is 0 Å². The minimum absolute atomic E-state index is 0.0800. The van der Waals surface area contributed by atoms with E-state index in [9.17, 15) is 14.4 Å². The van der Waals surface area contributed by atoms with Crippen molar-refractivity contribution in [3.8, 4) is 11.5 Å². The average molecular weight is 532 g/mol. The molecule has 9 nitrogen and oxygen atoms in total. The van der Waals surface area contributed by atoms with E-state index in [0.29, 0.717) is 35.3 Å². The number of carboxylic acids is 1. The predicted octanol–water partition coefficient (Wildman–Crippen LogP) is 4.50. The smallest absolute Gasteiger partial charge is 0.337 e. The van der Waals surface area contributed by atoms with Crippen LogP contribution in [0.1, 0.15) is 39.1 Å². The van der Waals surface area contributed by atoms with Crippen LogP contribution in [0.2, 0.25) is 0 Å². The zero-order valence-electron chi connectivity index (χ0n) is 22.1. The van der Waals surface area contributed by atoms with Crippen LogP contribution < -0.4 is 10.1 Å². The maximum absolute atomic E-state index is 12.7. The second-order valence-corrected chi connectivity index (χ2v) is 9.62. The van der Waals surface area contributed by atoms with E-state index in [2.05, 4.69) is 15.1 Å². The summed E-state index contributed by atoms with van der Waals surface area (Å²) < 4.78 is 10.5. The lowest BCUT2D eigenvalue weighted by Gasteiger charge is -2.36. The highest BCUT2D eigenvalue weighted by Gasteiger charge is 2.24. The van der Waals surface area contributed by atoms with Crippen LogP contribution in [0.25, 0.3) is 0 Å². The zero-order chi connectivity index (χ0) is 27.8. The topological polar surface area (TPSA) is 108 Å². The number of nitrogens with one attached hydrogen (secondary N) is 1. The van der Waals surface area contributed by atoms with Crippen LogP contribution in [0.4, 0.5) is 5.69 Å². The number of hydrogen-bond acceptors (Lipinski definition) is 7. The Morgan fingerprint density at radius 3 is 2.03 bits per heavy atom. The second kappa shape index (κ2) is 13.0. The summed E-state index contributed by atoms with van der Waals surface area (Å²) in [5, 5.41) is 11.9. The number of rotatable bonds is 10. The van der Waals surface area contributed by atoms with Crippen LogP contribution in [0.5, 0.6) is 11.5 Å². The number of aromatic carboxylic acids is 1. The fraction of sp³-hybridized carbons (Fsp3) is 0.300. The van der Waals surface area contributed by atoms with Crippen LogP contribution in [-0.4, -0.2) is 72.6 Å². The van der Waals surface area contributed by atoms with Crippen LogP contribution >= 0.6 is 0 Å². The maximum atomic E-state index is 12.7. The first-order chi connectivity index (χ1) is 18.8. The lowest BCUT2D eigenvalue weighted by Crippen LogP contribution is -2.45. The van der Waals surface area contributed by atoms with Gasteiger partial charge in [-0.15, -0.1) is 0 Å². The van der Waals surface area contributed by atoms with Crippen molar-refractivity contribution < 1.29 is 29.0 Å². The van der Waals surface area contributed by atoms with Gasteiger partial charge in [0.25, 0.3) is 0 Å². The maximum Gasteiger partial charge on any atom is 0.337 e. The summed E-state index contributed by atoms with van der Waals surface area (Å²) in [6.07, 6.45) is 1.95. The van der Waals surface area contributed by atoms with Crippen molar-refractivity contribution in [1.82, 2.24) is 9.80 Å². The van der Waals surface area contributed by atoms with Gasteiger partial charge in [0, 0.05) is 18.3 Å². The number of likely N-dealkylation sites (tertiary alicyclic amines) is 1. The minimum atomic E-state index is -0.987. The number of piperidine rings is 1. The fourth-order valence-corrected chi connectivity index (χ4v) is 4.60. The number of amides is 1. The third-order valence-corrected chi connectivity index (χ3v) is 6.83. The first kappa shape index (κ1) is 27.8. The Kier molecular flexibility index (Phi) is 9.30. The van der Waals surface area contributed by atoms with Gasteiger partial charge in [-0.3, -0.25) is 14.6 Å². The van der Waals surface area contributed by atoms with Gasteiger partial charge >= 0.3 is 11.9 Å². The molecule has 1 saturated heterocycles. The third kappa shape index (κ3) is 7.89. The van der Waals surface area contributed by atoms with Crippen molar-refractivity contribution >= 4 is 23.5 Å². The minimum Gasteiger partial charge on any atom is -0.478 e. The first-order valence-electron chi connectivity index (χ1n) is 12.8.